The summed E-state index contributed by atoms with van der Waals surface area (Å²) in [5.41, 5.74) is 1.34. The molecule has 3 atom stereocenters. The number of aliphatic hydroxyl groups is 1. The van der Waals surface area contributed by atoms with Crippen molar-refractivity contribution in [2.24, 2.45) is 5.92 Å². The first kappa shape index (κ1) is 9.22. The van der Waals surface area contributed by atoms with Crippen LogP contribution < -0.4 is 0 Å². The minimum atomic E-state index is -0.169. The lowest BCUT2D eigenvalue weighted by atomic mass is 10.1. The third-order valence-electron chi connectivity index (χ3n) is 2.76. The maximum atomic E-state index is 9.40. The fourth-order valence-corrected chi connectivity index (χ4v) is 2.46. The van der Waals surface area contributed by atoms with Crippen LogP contribution in [0, 0.1) is 5.92 Å². The van der Waals surface area contributed by atoms with E-state index in [1.165, 1.54) is 10.0 Å². The van der Waals surface area contributed by atoms with E-state index in [0.29, 0.717) is 11.8 Å². The van der Waals surface area contributed by atoms with Crippen molar-refractivity contribution in [3.63, 3.8) is 0 Å². The maximum Gasteiger partial charge on any atom is 0.0546 e. The van der Waals surface area contributed by atoms with Gasteiger partial charge in [-0.15, -0.1) is 0 Å². The predicted octanol–water partition coefficient (Wildman–Crippen LogP) is 2.93. The number of aliphatic hydroxyl groups excluding tert-OH is 1. The lowest BCUT2D eigenvalue weighted by Crippen LogP contribution is -2.03. The molecule has 1 aromatic carbocycles. The first-order valence-corrected chi connectivity index (χ1v) is 5.42. The molecule has 1 aromatic rings. The van der Waals surface area contributed by atoms with Crippen LogP contribution in [0.15, 0.2) is 28.7 Å². The Bertz CT molecular complexity index is 309. The Morgan fingerprint density at radius 2 is 2.15 bits per heavy atom. The highest BCUT2D eigenvalue weighted by atomic mass is 79.9. The summed E-state index contributed by atoms with van der Waals surface area (Å²) in [6.45, 7) is 1.88. The summed E-state index contributed by atoms with van der Waals surface area (Å²) in [6, 6.07) is 8.27. The normalized spacial score (nSPS) is 28.5. The van der Waals surface area contributed by atoms with Crippen LogP contribution >= 0.6 is 15.9 Å². The van der Waals surface area contributed by atoms with E-state index in [9.17, 15) is 5.11 Å². The van der Waals surface area contributed by atoms with Gasteiger partial charge in [0.25, 0.3) is 0 Å². The fourth-order valence-electron chi connectivity index (χ4n) is 1.88. The van der Waals surface area contributed by atoms with Gasteiger partial charge in [0.15, 0.2) is 0 Å². The van der Waals surface area contributed by atoms with Crippen LogP contribution in [-0.4, -0.2) is 11.2 Å². The Balaban J connectivity index is 2.16. The molecule has 1 aliphatic rings. The van der Waals surface area contributed by atoms with Crippen molar-refractivity contribution in [3.05, 3.63) is 34.3 Å². The molecule has 0 spiro atoms. The van der Waals surface area contributed by atoms with E-state index in [2.05, 4.69) is 34.1 Å². The minimum Gasteiger partial charge on any atom is -0.393 e. The van der Waals surface area contributed by atoms with Gasteiger partial charge in [-0.3, -0.25) is 0 Å². The molecule has 13 heavy (non-hydrogen) atoms. The van der Waals surface area contributed by atoms with Crippen LogP contribution in [0.5, 0.6) is 0 Å². The molecule has 0 radical (unpaired) electrons. The van der Waals surface area contributed by atoms with Crippen LogP contribution in [0.3, 0.4) is 0 Å². The van der Waals surface area contributed by atoms with Gasteiger partial charge in [0.2, 0.25) is 0 Å². The van der Waals surface area contributed by atoms with Crippen LogP contribution in [0.1, 0.15) is 24.8 Å². The van der Waals surface area contributed by atoms with Gasteiger partial charge in [0, 0.05) is 4.47 Å². The number of hydrogen-bond acceptors (Lipinski definition) is 1. The summed E-state index contributed by atoms with van der Waals surface area (Å²) in [4.78, 5) is 0. The van der Waals surface area contributed by atoms with Crippen molar-refractivity contribution >= 4 is 15.9 Å². The Labute approximate surface area is 86.9 Å². The minimum absolute atomic E-state index is 0.169. The molecule has 0 aromatic heterocycles. The first-order chi connectivity index (χ1) is 6.20. The van der Waals surface area contributed by atoms with Crippen molar-refractivity contribution < 1.29 is 5.11 Å². The molecule has 0 amide bonds. The summed E-state index contributed by atoms with van der Waals surface area (Å²) in [7, 11) is 0. The highest BCUT2D eigenvalue weighted by molar-refractivity contribution is 9.10. The monoisotopic (exact) mass is 240 g/mol. The molecular weight excluding hydrogens is 228 g/mol. The molecule has 70 valence electrons. The smallest absolute Gasteiger partial charge is 0.0546 e. The van der Waals surface area contributed by atoms with E-state index in [0.717, 1.165) is 6.42 Å². The summed E-state index contributed by atoms with van der Waals surface area (Å²) in [5.74, 6) is 1.04. The van der Waals surface area contributed by atoms with E-state index in [4.69, 9.17) is 0 Å². The van der Waals surface area contributed by atoms with E-state index < -0.39 is 0 Å². The topological polar surface area (TPSA) is 20.2 Å². The maximum absolute atomic E-state index is 9.40. The van der Waals surface area contributed by atoms with E-state index in [-0.39, 0.29) is 6.10 Å². The van der Waals surface area contributed by atoms with Crippen molar-refractivity contribution in [1.29, 1.82) is 0 Å². The van der Waals surface area contributed by atoms with Crippen LogP contribution in [-0.2, 0) is 0 Å². The fraction of sp³-hybridized carbons (Fsp3) is 0.455. The molecule has 1 N–H and O–H groups in total. The molecule has 1 fully saturated rings. The lowest BCUT2D eigenvalue weighted by molar-refractivity contribution is 0.169. The summed E-state index contributed by atoms with van der Waals surface area (Å²) < 4.78 is 1.17. The standard InChI is InChI=1S/C11H13BrO/c1-7(13)9-6-10(9)8-4-2-3-5-11(8)12/h2-5,7,9-10,13H,6H2,1H3/t7-,9-,10+/m0/s1. The van der Waals surface area contributed by atoms with Crippen LogP contribution in [0.4, 0.5) is 0 Å². The molecule has 1 saturated carbocycles. The van der Waals surface area contributed by atoms with Gasteiger partial charge in [0.05, 0.1) is 6.10 Å². The Kier molecular flexibility index (Phi) is 2.43. The van der Waals surface area contributed by atoms with E-state index in [1.807, 2.05) is 13.0 Å². The van der Waals surface area contributed by atoms with Crippen LogP contribution in [0.2, 0.25) is 0 Å². The molecule has 1 aliphatic carbocycles. The van der Waals surface area contributed by atoms with Gasteiger partial charge in [-0.25, -0.2) is 0 Å². The average molecular weight is 241 g/mol. The summed E-state index contributed by atoms with van der Waals surface area (Å²) >= 11 is 3.53. The zero-order chi connectivity index (χ0) is 9.42. The lowest BCUT2D eigenvalue weighted by Gasteiger charge is -2.04. The molecule has 0 aliphatic heterocycles. The summed E-state index contributed by atoms with van der Waals surface area (Å²) in [6.07, 6.45) is 0.956. The largest absolute Gasteiger partial charge is 0.393 e. The van der Waals surface area contributed by atoms with Gasteiger partial charge in [0.1, 0.15) is 0 Å². The third-order valence-corrected chi connectivity index (χ3v) is 3.49. The van der Waals surface area contributed by atoms with E-state index in [1.54, 1.807) is 0 Å². The second-order valence-electron chi connectivity index (χ2n) is 3.77. The number of rotatable bonds is 2. The average Bonchev–Trinajstić information content (AvgIpc) is 2.84. The molecule has 1 nitrogen and oxygen atoms in total. The van der Waals surface area contributed by atoms with Crippen molar-refractivity contribution in [1.82, 2.24) is 0 Å². The van der Waals surface area contributed by atoms with E-state index >= 15 is 0 Å². The number of benzene rings is 1. The highest BCUT2D eigenvalue weighted by Gasteiger charge is 2.42. The molecule has 2 rings (SSSR count). The second-order valence-corrected chi connectivity index (χ2v) is 4.62. The number of hydrogen-bond donors (Lipinski definition) is 1. The third kappa shape index (κ3) is 1.79. The van der Waals surface area contributed by atoms with Gasteiger partial charge in [-0.1, -0.05) is 34.1 Å². The zero-order valence-corrected chi connectivity index (χ0v) is 9.16. The van der Waals surface area contributed by atoms with Crippen molar-refractivity contribution in [2.75, 3.05) is 0 Å². The van der Waals surface area contributed by atoms with Gasteiger partial charge in [-0.2, -0.15) is 0 Å². The highest BCUT2D eigenvalue weighted by Crippen LogP contribution is 2.51. The summed E-state index contributed by atoms with van der Waals surface area (Å²) in [5, 5.41) is 9.40. The molecular formula is C11H13BrO. The van der Waals surface area contributed by atoms with Crippen molar-refractivity contribution in [3.8, 4) is 0 Å². The quantitative estimate of drug-likeness (QED) is 0.843. The second kappa shape index (κ2) is 3.43. The molecule has 0 saturated heterocycles. The van der Waals surface area contributed by atoms with Crippen molar-refractivity contribution in [2.45, 2.75) is 25.4 Å². The number of halogens is 1. The first-order valence-electron chi connectivity index (χ1n) is 4.62. The zero-order valence-electron chi connectivity index (χ0n) is 7.57. The Morgan fingerprint density at radius 3 is 2.69 bits per heavy atom. The predicted molar refractivity (Wildman–Crippen MR) is 56.7 cm³/mol. The van der Waals surface area contributed by atoms with Gasteiger partial charge in [-0.05, 0) is 36.8 Å². The Hall–Kier alpha value is -0.340. The molecule has 2 heteroatoms. The van der Waals surface area contributed by atoms with Crippen LogP contribution in [0.25, 0.3) is 0 Å². The Morgan fingerprint density at radius 1 is 1.46 bits per heavy atom. The SMILES string of the molecule is C[C@H](O)[C@@H]1C[C@@H]1c1ccccc1Br. The van der Waals surface area contributed by atoms with Gasteiger partial charge >= 0.3 is 0 Å². The molecule has 0 unspecified atom stereocenters. The molecule has 0 bridgehead atoms. The van der Waals surface area contributed by atoms with Gasteiger partial charge < -0.3 is 5.11 Å². The molecule has 0 heterocycles.